The molecule has 4 saturated heterocycles. The van der Waals surface area contributed by atoms with Gasteiger partial charge in [0, 0.05) is 5.92 Å². The number of hydrogen-bond acceptors (Lipinski definition) is 6. The summed E-state index contributed by atoms with van der Waals surface area (Å²) in [6.45, 7) is 6.33. The van der Waals surface area contributed by atoms with Gasteiger partial charge in [-0.15, -0.1) is 0 Å². The second kappa shape index (κ2) is 5.24. The molecular formula is C18H23NO5. The Morgan fingerprint density at radius 1 is 1.04 bits per heavy atom. The van der Waals surface area contributed by atoms with Crippen molar-refractivity contribution in [3.8, 4) is 0 Å². The lowest BCUT2D eigenvalue weighted by Gasteiger charge is -2.47. The lowest BCUT2D eigenvalue weighted by atomic mass is 9.77. The van der Waals surface area contributed by atoms with Gasteiger partial charge >= 0.3 is 0 Å². The molecule has 6 heteroatoms. The highest BCUT2D eigenvalue weighted by molar-refractivity contribution is 5.19. The fourth-order valence-corrected chi connectivity index (χ4v) is 4.61. The first-order chi connectivity index (χ1) is 11.6. The van der Waals surface area contributed by atoms with Gasteiger partial charge in [-0.2, -0.15) is 5.06 Å². The standard InChI is InChI=1S/C18H23NO5/c1-17(2)23-14-11-21-16-18(15(14)24-17)13(9-20-16)10-22-19(18)8-12-6-4-3-5-7-12/h3-7,13-16H,8-11H2,1-2H3/t13-,14-,15-,16-,18-/m1/s1. The van der Waals surface area contributed by atoms with Crippen molar-refractivity contribution in [1.82, 2.24) is 5.06 Å². The highest BCUT2D eigenvalue weighted by Crippen LogP contribution is 2.53. The van der Waals surface area contributed by atoms with Crippen LogP contribution in [0.15, 0.2) is 30.3 Å². The molecule has 4 heterocycles. The van der Waals surface area contributed by atoms with Crippen LogP contribution in [0.5, 0.6) is 0 Å². The third-order valence-electron chi connectivity index (χ3n) is 5.56. The Labute approximate surface area is 141 Å². The minimum atomic E-state index is -0.615. The maximum absolute atomic E-state index is 6.34. The molecule has 130 valence electrons. The van der Waals surface area contributed by atoms with E-state index in [0.717, 1.165) is 0 Å². The van der Waals surface area contributed by atoms with Crippen LogP contribution < -0.4 is 0 Å². The molecule has 0 unspecified atom stereocenters. The summed E-state index contributed by atoms with van der Waals surface area (Å²) >= 11 is 0. The lowest BCUT2D eigenvalue weighted by molar-refractivity contribution is -0.296. The van der Waals surface area contributed by atoms with Gasteiger partial charge in [0.25, 0.3) is 0 Å². The van der Waals surface area contributed by atoms with Gasteiger partial charge in [-0.25, -0.2) is 0 Å². The number of rotatable bonds is 2. The Morgan fingerprint density at radius 2 is 1.83 bits per heavy atom. The molecule has 0 N–H and O–H groups in total. The van der Waals surface area contributed by atoms with Crippen molar-refractivity contribution in [2.45, 2.75) is 50.2 Å². The Balaban J connectivity index is 1.53. The zero-order valence-corrected chi connectivity index (χ0v) is 14.0. The minimum Gasteiger partial charge on any atom is -0.350 e. The van der Waals surface area contributed by atoms with Crippen molar-refractivity contribution in [2.75, 3.05) is 19.8 Å². The van der Waals surface area contributed by atoms with Crippen LogP contribution in [-0.2, 0) is 30.3 Å². The topological polar surface area (TPSA) is 49.4 Å². The van der Waals surface area contributed by atoms with E-state index in [1.165, 1.54) is 5.56 Å². The molecule has 1 spiro atoms. The van der Waals surface area contributed by atoms with Crippen molar-refractivity contribution < 1.29 is 23.8 Å². The van der Waals surface area contributed by atoms with Crippen LogP contribution >= 0.6 is 0 Å². The average Bonchev–Trinajstić information content (AvgIpc) is 3.18. The number of nitrogens with zero attached hydrogens (tertiary/aromatic N) is 1. The summed E-state index contributed by atoms with van der Waals surface area (Å²) < 4.78 is 24.4. The van der Waals surface area contributed by atoms with Gasteiger partial charge in [0.15, 0.2) is 12.1 Å². The van der Waals surface area contributed by atoms with Gasteiger partial charge in [-0.3, -0.25) is 4.84 Å². The van der Waals surface area contributed by atoms with E-state index < -0.39 is 11.3 Å². The van der Waals surface area contributed by atoms with E-state index in [1.54, 1.807) is 0 Å². The number of hydroxylamine groups is 2. The first kappa shape index (κ1) is 15.3. The van der Waals surface area contributed by atoms with E-state index in [1.807, 2.05) is 37.1 Å². The van der Waals surface area contributed by atoms with E-state index in [9.17, 15) is 0 Å². The molecule has 6 nitrogen and oxygen atoms in total. The highest BCUT2D eigenvalue weighted by atomic mass is 16.8. The van der Waals surface area contributed by atoms with Gasteiger partial charge in [0.1, 0.15) is 17.7 Å². The zero-order valence-electron chi connectivity index (χ0n) is 14.0. The highest BCUT2D eigenvalue weighted by Gasteiger charge is 2.71. The normalized spacial score (nSPS) is 43.4. The summed E-state index contributed by atoms with van der Waals surface area (Å²) in [4.78, 5) is 6.10. The molecule has 0 aliphatic carbocycles. The fourth-order valence-electron chi connectivity index (χ4n) is 4.61. The summed E-state index contributed by atoms with van der Waals surface area (Å²) in [5.74, 6) is -0.396. The van der Waals surface area contributed by atoms with Gasteiger partial charge in [-0.05, 0) is 19.4 Å². The molecular weight excluding hydrogens is 310 g/mol. The average molecular weight is 333 g/mol. The SMILES string of the molecule is CC1(C)O[C@@H]2[C@@H](CO[C@H]3OC[C@@H]4CON(Cc5ccccc5)[C@@]432)O1. The summed E-state index contributed by atoms with van der Waals surface area (Å²) in [7, 11) is 0. The molecule has 4 fully saturated rings. The molecule has 0 saturated carbocycles. The summed E-state index contributed by atoms with van der Waals surface area (Å²) in [5, 5.41) is 2.03. The molecule has 4 aliphatic heterocycles. The van der Waals surface area contributed by atoms with E-state index in [-0.39, 0.29) is 24.4 Å². The maximum Gasteiger partial charge on any atom is 0.181 e. The van der Waals surface area contributed by atoms with Crippen LogP contribution in [-0.4, -0.2) is 54.7 Å². The Morgan fingerprint density at radius 3 is 2.67 bits per heavy atom. The van der Waals surface area contributed by atoms with Crippen molar-refractivity contribution in [1.29, 1.82) is 0 Å². The third kappa shape index (κ3) is 2.05. The molecule has 0 bridgehead atoms. The van der Waals surface area contributed by atoms with Crippen molar-refractivity contribution >= 4 is 0 Å². The first-order valence-electron chi connectivity index (χ1n) is 8.63. The van der Waals surface area contributed by atoms with Crippen molar-refractivity contribution in [3.63, 3.8) is 0 Å². The summed E-state index contributed by atoms with van der Waals surface area (Å²) in [5.41, 5.74) is 0.741. The first-order valence-corrected chi connectivity index (χ1v) is 8.63. The number of fused-ring (bicyclic) bond motifs is 1. The van der Waals surface area contributed by atoms with E-state index in [4.69, 9.17) is 23.8 Å². The smallest absolute Gasteiger partial charge is 0.181 e. The van der Waals surface area contributed by atoms with Crippen LogP contribution in [0.1, 0.15) is 19.4 Å². The molecule has 0 amide bonds. The fraction of sp³-hybridized carbons (Fsp3) is 0.667. The van der Waals surface area contributed by atoms with Gasteiger partial charge in [0.05, 0.1) is 26.4 Å². The molecule has 5 rings (SSSR count). The molecule has 5 atom stereocenters. The number of ether oxygens (including phenoxy) is 4. The predicted molar refractivity (Wildman–Crippen MR) is 83.7 cm³/mol. The van der Waals surface area contributed by atoms with Crippen LogP contribution in [0.4, 0.5) is 0 Å². The molecule has 1 aromatic carbocycles. The lowest BCUT2D eigenvalue weighted by Crippen LogP contribution is -2.67. The second-order valence-electron chi connectivity index (χ2n) is 7.50. The van der Waals surface area contributed by atoms with Crippen molar-refractivity contribution in [2.24, 2.45) is 5.92 Å². The molecule has 4 aliphatic rings. The minimum absolute atomic E-state index is 0.0968. The molecule has 0 aromatic heterocycles. The quantitative estimate of drug-likeness (QED) is 0.821. The van der Waals surface area contributed by atoms with E-state index >= 15 is 0 Å². The summed E-state index contributed by atoms with van der Waals surface area (Å²) in [6.07, 6.45) is -0.558. The van der Waals surface area contributed by atoms with E-state index in [2.05, 4.69) is 12.1 Å². The largest absolute Gasteiger partial charge is 0.350 e. The van der Waals surface area contributed by atoms with Crippen LogP contribution in [0.2, 0.25) is 0 Å². The van der Waals surface area contributed by atoms with Gasteiger partial charge in [0.2, 0.25) is 0 Å². The molecule has 24 heavy (non-hydrogen) atoms. The molecule has 0 radical (unpaired) electrons. The Bertz CT molecular complexity index is 623. The van der Waals surface area contributed by atoms with Crippen LogP contribution in [0, 0.1) is 5.92 Å². The zero-order chi connectivity index (χ0) is 16.4. The molecule has 1 aromatic rings. The number of hydrogen-bond donors (Lipinski definition) is 0. The second-order valence-corrected chi connectivity index (χ2v) is 7.50. The third-order valence-corrected chi connectivity index (χ3v) is 5.56. The predicted octanol–water partition coefficient (Wildman–Crippen LogP) is 1.70. The van der Waals surface area contributed by atoms with Crippen LogP contribution in [0.25, 0.3) is 0 Å². The Kier molecular flexibility index (Phi) is 3.33. The number of benzene rings is 1. The van der Waals surface area contributed by atoms with Crippen molar-refractivity contribution in [3.05, 3.63) is 35.9 Å². The monoisotopic (exact) mass is 333 g/mol. The van der Waals surface area contributed by atoms with Crippen LogP contribution in [0.3, 0.4) is 0 Å². The van der Waals surface area contributed by atoms with E-state index in [0.29, 0.717) is 26.4 Å². The van der Waals surface area contributed by atoms with Gasteiger partial charge in [-0.1, -0.05) is 30.3 Å². The van der Waals surface area contributed by atoms with Gasteiger partial charge < -0.3 is 18.9 Å². The maximum atomic E-state index is 6.34. The Hall–Kier alpha value is -1.02. The summed E-state index contributed by atoms with van der Waals surface area (Å²) in [6, 6.07) is 10.3.